The molecule has 2 rings (SSSR count). The highest BCUT2D eigenvalue weighted by Crippen LogP contribution is 2.39. The lowest BCUT2D eigenvalue weighted by Crippen LogP contribution is -2.37. The summed E-state index contributed by atoms with van der Waals surface area (Å²) in [7, 11) is -2.30. The summed E-state index contributed by atoms with van der Waals surface area (Å²) in [6.45, 7) is 0.0831. The standard InChI is InChI=1S/C10H15N3O5S2/c1-11-10-8(13(15)16)5-9(19-10)20(17,18)12-4-2-3-7(12)6-14/h5,7,11,14H,2-4,6H2,1H3. The number of hydrogen-bond acceptors (Lipinski definition) is 7. The van der Waals surface area contributed by atoms with Gasteiger partial charge in [0.2, 0.25) is 0 Å². The highest BCUT2D eigenvalue weighted by atomic mass is 32.2. The van der Waals surface area contributed by atoms with Crippen LogP contribution < -0.4 is 5.32 Å². The van der Waals surface area contributed by atoms with Gasteiger partial charge in [-0.3, -0.25) is 10.1 Å². The molecule has 0 spiro atoms. The Morgan fingerprint density at radius 3 is 2.85 bits per heavy atom. The molecule has 0 bridgehead atoms. The first-order chi connectivity index (χ1) is 9.41. The molecule has 112 valence electrons. The van der Waals surface area contributed by atoms with E-state index in [9.17, 15) is 23.6 Å². The third-order valence-electron chi connectivity index (χ3n) is 3.21. The molecule has 1 aliphatic heterocycles. The van der Waals surface area contributed by atoms with Crippen molar-refractivity contribution in [2.45, 2.75) is 23.1 Å². The van der Waals surface area contributed by atoms with Crippen molar-refractivity contribution in [2.75, 3.05) is 25.5 Å². The monoisotopic (exact) mass is 321 g/mol. The molecular weight excluding hydrogens is 306 g/mol. The number of nitro groups is 1. The molecule has 0 radical (unpaired) electrons. The smallest absolute Gasteiger partial charge is 0.304 e. The van der Waals surface area contributed by atoms with Gasteiger partial charge in [-0.05, 0) is 12.8 Å². The Bertz CT molecular complexity index is 612. The maximum absolute atomic E-state index is 12.5. The van der Waals surface area contributed by atoms with Gasteiger partial charge in [-0.1, -0.05) is 11.3 Å². The summed E-state index contributed by atoms with van der Waals surface area (Å²) in [5.41, 5.74) is -0.254. The van der Waals surface area contributed by atoms with Crippen LogP contribution in [0.15, 0.2) is 10.3 Å². The Hall–Kier alpha value is -1.23. The first-order valence-corrected chi connectivity index (χ1v) is 8.26. The summed E-state index contributed by atoms with van der Waals surface area (Å²) in [6.07, 6.45) is 1.28. The van der Waals surface area contributed by atoms with E-state index in [-0.39, 0.29) is 21.5 Å². The van der Waals surface area contributed by atoms with Gasteiger partial charge in [0.1, 0.15) is 4.21 Å². The molecule has 10 heteroatoms. The van der Waals surface area contributed by atoms with Gasteiger partial charge in [-0.2, -0.15) is 4.31 Å². The first-order valence-electron chi connectivity index (χ1n) is 6.00. The van der Waals surface area contributed by atoms with Crippen molar-refractivity contribution in [3.8, 4) is 0 Å². The highest BCUT2D eigenvalue weighted by molar-refractivity contribution is 7.91. The first kappa shape index (κ1) is 15.2. The van der Waals surface area contributed by atoms with E-state index in [1.807, 2.05) is 0 Å². The Morgan fingerprint density at radius 2 is 2.35 bits per heavy atom. The summed E-state index contributed by atoms with van der Waals surface area (Å²) in [6, 6.07) is 0.623. The van der Waals surface area contributed by atoms with Crippen LogP contribution in [-0.2, 0) is 10.0 Å². The minimum atomic E-state index is -3.80. The van der Waals surface area contributed by atoms with Crippen LogP contribution in [-0.4, -0.2) is 49.0 Å². The molecule has 1 atom stereocenters. The van der Waals surface area contributed by atoms with E-state index < -0.39 is 21.0 Å². The van der Waals surface area contributed by atoms with Crippen molar-refractivity contribution in [1.29, 1.82) is 0 Å². The summed E-state index contributed by atoms with van der Waals surface area (Å²) in [5.74, 6) is 0. The number of thiophene rings is 1. The molecule has 1 saturated heterocycles. The van der Waals surface area contributed by atoms with Crippen molar-refractivity contribution in [3.63, 3.8) is 0 Å². The zero-order valence-corrected chi connectivity index (χ0v) is 12.4. The number of nitrogens with zero attached hydrogens (tertiary/aromatic N) is 2. The molecule has 1 aliphatic rings. The zero-order valence-electron chi connectivity index (χ0n) is 10.8. The molecule has 20 heavy (non-hydrogen) atoms. The average molecular weight is 321 g/mol. The lowest BCUT2D eigenvalue weighted by molar-refractivity contribution is -0.383. The number of rotatable bonds is 5. The van der Waals surface area contributed by atoms with Gasteiger partial charge in [0.05, 0.1) is 11.5 Å². The van der Waals surface area contributed by atoms with E-state index in [1.165, 1.54) is 11.4 Å². The second kappa shape index (κ2) is 5.64. The number of aliphatic hydroxyl groups excluding tert-OH is 1. The molecule has 8 nitrogen and oxygen atoms in total. The molecule has 0 amide bonds. The van der Waals surface area contributed by atoms with Gasteiger partial charge in [0.15, 0.2) is 5.00 Å². The van der Waals surface area contributed by atoms with Crippen LogP contribution in [0.4, 0.5) is 10.7 Å². The zero-order chi connectivity index (χ0) is 14.9. The van der Waals surface area contributed by atoms with Crippen LogP contribution in [0.1, 0.15) is 12.8 Å². The SMILES string of the molecule is CNc1sc(S(=O)(=O)N2CCCC2CO)cc1[N+](=O)[O-]. The average Bonchev–Trinajstić information content (AvgIpc) is 3.05. The van der Waals surface area contributed by atoms with Gasteiger partial charge in [-0.25, -0.2) is 8.42 Å². The van der Waals surface area contributed by atoms with Crippen molar-refractivity contribution in [2.24, 2.45) is 0 Å². The van der Waals surface area contributed by atoms with Crippen LogP contribution in [0.5, 0.6) is 0 Å². The van der Waals surface area contributed by atoms with Gasteiger partial charge in [0, 0.05) is 25.7 Å². The van der Waals surface area contributed by atoms with Crippen molar-refractivity contribution in [3.05, 3.63) is 16.2 Å². The molecular formula is C10H15N3O5S2. The van der Waals surface area contributed by atoms with Crippen LogP contribution >= 0.6 is 11.3 Å². The molecule has 0 aliphatic carbocycles. The maximum atomic E-state index is 12.5. The lowest BCUT2D eigenvalue weighted by Gasteiger charge is -2.21. The summed E-state index contributed by atoms with van der Waals surface area (Å²) >= 11 is 0.830. The lowest BCUT2D eigenvalue weighted by atomic mass is 10.2. The number of sulfonamides is 1. The van der Waals surface area contributed by atoms with Gasteiger partial charge in [-0.15, -0.1) is 0 Å². The molecule has 1 aromatic heterocycles. The summed E-state index contributed by atoms with van der Waals surface area (Å²) in [4.78, 5) is 10.3. The third-order valence-corrected chi connectivity index (χ3v) is 6.75. The summed E-state index contributed by atoms with van der Waals surface area (Å²) in [5, 5.41) is 22.9. The van der Waals surface area contributed by atoms with Crippen molar-refractivity contribution < 1.29 is 18.4 Å². The van der Waals surface area contributed by atoms with E-state index in [2.05, 4.69) is 5.32 Å². The number of hydrogen-bond donors (Lipinski definition) is 2. The minimum Gasteiger partial charge on any atom is -0.395 e. The molecule has 0 saturated carbocycles. The Balaban J connectivity index is 2.42. The van der Waals surface area contributed by atoms with Crippen LogP contribution in [0.25, 0.3) is 0 Å². The van der Waals surface area contributed by atoms with E-state index in [0.29, 0.717) is 19.4 Å². The second-order valence-corrected chi connectivity index (χ2v) is 7.55. The Morgan fingerprint density at radius 1 is 1.65 bits per heavy atom. The van der Waals surface area contributed by atoms with Gasteiger partial charge < -0.3 is 10.4 Å². The largest absolute Gasteiger partial charge is 0.395 e. The van der Waals surface area contributed by atoms with Crippen LogP contribution in [0.3, 0.4) is 0 Å². The summed E-state index contributed by atoms with van der Waals surface area (Å²) < 4.78 is 26.1. The number of aliphatic hydroxyl groups is 1. The quantitative estimate of drug-likeness (QED) is 0.614. The fourth-order valence-electron chi connectivity index (χ4n) is 2.23. The van der Waals surface area contributed by atoms with Gasteiger partial charge >= 0.3 is 5.69 Å². The van der Waals surface area contributed by atoms with E-state index in [1.54, 1.807) is 0 Å². The maximum Gasteiger partial charge on any atom is 0.304 e. The Labute approximate surface area is 120 Å². The molecule has 1 fully saturated rings. The van der Waals surface area contributed by atoms with Crippen molar-refractivity contribution in [1.82, 2.24) is 4.31 Å². The van der Waals surface area contributed by atoms with E-state index in [4.69, 9.17) is 0 Å². The van der Waals surface area contributed by atoms with Crippen molar-refractivity contribution >= 4 is 32.0 Å². The topological polar surface area (TPSA) is 113 Å². The number of anilines is 1. The fraction of sp³-hybridized carbons (Fsp3) is 0.600. The van der Waals surface area contributed by atoms with Crippen LogP contribution in [0, 0.1) is 10.1 Å². The van der Waals surface area contributed by atoms with Crippen LogP contribution in [0.2, 0.25) is 0 Å². The predicted octanol–water partition coefficient (Wildman–Crippen LogP) is 0.843. The normalized spacial score (nSPS) is 20.2. The molecule has 2 N–H and O–H groups in total. The second-order valence-electron chi connectivity index (χ2n) is 4.38. The van der Waals surface area contributed by atoms with E-state index in [0.717, 1.165) is 17.4 Å². The van der Waals surface area contributed by atoms with E-state index >= 15 is 0 Å². The highest BCUT2D eigenvalue weighted by Gasteiger charge is 2.37. The predicted molar refractivity (Wildman–Crippen MR) is 74.5 cm³/mol. The molecule has 2 heterocycles. The Kier molecular flexibility index (Phi) is 4.28. The number of nitrogens with one attached hydrogen (secondary N) is 1. The fourth-order valence-corrected chi connectivity index (χ4v) is 5.32. The molecule has 1 unspecified atom stereocenters. The van der Waals surface area contributed by atoms with Gasteiger partial charge in [0.25, 0.3) is 10.0 Å². The molecule has 1 aromatic rings. The third kappa shape index (κ3) is 2.51. The minimum absolute atomic E-state index is 0.0751. The molecule has 0 aromatic carbocycles.